The maximum atomic E-state index is 10.4. The third kappa shape index (κ3) is 9.57. The van der Waals surface area contributed by atoms with Crippen LogP contribution in [-0.2, 0) is 9.53 Å². The van der Waals surface area contributed by atoms with Crippen molar-refractivity contribution in [3.63, 3.8) is 0 Å². The summed E-state index contributed by atoms with van der Waals surface area (Å²) in [7, 11) is 0. The first-order chi connectivity index (χ1) is 11.1. The highest BCUT2D eigenvalue weighted by Gasteiger charge is 2.24. The van der Waals surface area contributed by atoms with Gasteiger partial charge in [0.2, 0.25) is 0 Å². The van der Waals surface area contributed by atoms with Crippen LogP contribution < -0.4 is 0 Å². The molecule has 0 aromatic rings. The second-order valence-corrected chi connectivity index (χ2v) is 6.40. The van der Waals surface area contributed by atoms with Gasteiger partial charge in [-0.25, -0.2) is 0 Å². The van der Waals surface area contributed by atoms with Gasteiger partial charge in [-0.3, -0.25) is 4.79 Å². The number of allylic oxidation sites excluding steroid dienone is 2. The molecule has 0 amide bonds. The molecule has 2 N–H and O–H groups in total. The van der Waals surface area contributed by atoms with Crippen molar-refractivity contribution in [1.29, 1.82) is 0 Å². The fourth-order valence-corrected chi connectivity index (χ4v) is 2.80. The number of unbranched alkanes of at least 4 members (excludes halogenated alkanes) is 3. The Balaban J connectivity index is 2.24. The fourth-order valence-electron chi connectivity index (χ4n) is 2.80. The minimum atomic E-state index is -0.731. The number of carbonyl (C=O) groups is 1. The third-order valence-electron chi connectivity index (χ3n) is 4.30. The maximum absolute atomic E-state index is 10.4. The van der Waals surface area contributed by atoms with E-state index < -0.39 is 5.97 Å². The summed E-state index contributed by atoms with van der Waals surface area (Å²) in [6.07, 6.45) is 14.9. The van der Waals surface area contributed by atoms with Crippen molar-refractivity contribution in [2.75, 3.05) is 13.2 Å². The van der Waals surface area contributed by atoms with Crippen LogP contribution in [0.5, 0.6) is 0 Å². The summed E-state index contributed by atoms with van der Waals surface area (Å²) < 4.78 is 5.57. The second-order valence-electron chi connectivity index (χ2n) is 6.40. The van der Waals surface area contributed by atoms with Gasteiger partial charge in [0, 0.05) is 12.3 Å². The lowest BCUT2D eigenvalue weighted by Crippen LogP contribution is -2.10. The Morgan fingerprint density at radius 1 is 1.26 bits per heavy atom. The molecule has 3 atom stereocenters. The minimum absolute atomic E-state index is 0.234. The number of aliphatic carboxylic acids is 1. The van der Waals surface area contributed by atoms with Crippen molar-refractivity contribution >= 4 is 5.97 Å². The lowest BCUT2D eigenvalue weighted by molar-refractivity contribution is -0.137. The molecule has 23 heavy (non-hydrogen) atoms. The van der Waals surface area contributed by atoms with Gasteiger partial charge >= 0.3 is 5.97 Å². The molecule has 4 heteroatoms. The molecule has 1 heterocycles. The molecule has 0 aromatic heterocycles. The zero-order valence-corrected chi connectivity index (χ0v) is 14.3. The van der Waals surface area contributed by atoms with E-state index in [9.17, 15) is 9.90 Å². The van der Waals surface area contributed by atoms with Crippen LogP contribution in [0.15, 0.2) is 24.3 Å². The van der Waals surface area contributed by atoms with E-state index in [1.54, 1.807) is 0 Å². The summed E-state index contributed by atoms with van der Waals surface area (Å²) in [6.45, 7) is 3.66. The van der Waals surface area contributed by atoms with Crippen molar-refractivity contribution in [3.8, 4) is 0 Å². The molecule has 0 radical (unpaired) electrons. The Labute approximate surface area is 140 Å². The van der Waals surface area contributed by atoms with Gasteiger partial charge in [-0.1, -0.05) is 50.5 Å². The van der Waals surface area contributed by atoms with E-state index >= 15 is 0 Å². The first-order valence-electron chi connectivity index (χ1n) is 8.94. The number of rotatable bonds is 12. The molecule has 1 unspecified atom stereocenters. The average Bonchev–Trinajstić information content (AvgIpc) is 2.96. The van der Waals surface area contributed by atoms with E-state index in [0.29, 0.717) is 18.3 Å². The van der Waals surface area contributed by atoms with Crippen LogP contribution in [-0.4, -0.2) is 35.5 Å². The first kappa shape index (κ1) is 19.9. The van der Waals surface area contributed by atoms with Crippen molar-refractivity contribution in [1.82, 2.24) is 0 Å². The quantitative estimate of drug-likeness (QED) is 0.421. The molecule has 0 bridgehead atoms. The topological polar surface area (TPSA) is 66.8 Å². The fraction of sp³-hybridized carbons (Fsp3) is 0.737. The largest absolute Gasteiger partial charge is 0.481 e. The van der Waals surface area contributed by atoms with Crippen molar-refractivity contribution < 1.29 is 19.7 Å². The zero-order chi connectivity index (χ0) is 16.9. The minimum Gasteiger partial charge on any atom is -0.481 e. The van der Waals surface area contributed by atoms with Gasteiger partial charge in [0.15, 0.2) is 0 Å². The smallest absolute Gasteiger partial charge is 0.303 e. The Morgan fingerprint density at radius 3 is 2.83 bits per heavy atom. The number of carboxylic acid groups (broad SMARTS) is 1. The first-order valence-corrected chi connectivity index (χ1v) is 8.94. The third-order valence-corrected chi connectivity index (χ3v) is 4.30. The summed E-state index contributed by atoms with van der Waals surface area (Å²) in [4.78, 5) is 10.4. The second kappa shape index (κ2) is 12.3. The van der Waals surface area contributed by atoms with Crippen molar-refractivity contribution in [2.24, 2.45) is 11.8 Å². The van der Waals surface area contributed by atoms with E-state index in [1.165, 1.54) is 12.8 Å². The molecule has 4 nitrogen and oxygen atoms in total. The van der Waals surface area contributed by atoms with E-state index in [0.717, 1.165) is 38.9 Å². The van der Waals surface area contributed by atoms with Crippen molar-refractivity contribution in [3.05, 3.63) is 24.3 Å². The molecule has 0 aliphatic carbocycles. The summed E-state index contributed by atoms with van der Waals surface area (Å²) in [6, 6.07) is 0. The monoisotopic (exact) mass is 324 g/mol. The molecule has 1 aliphatic heterocycles. The Kier molecular flexibility index (Phi) is 10.7. The van der Waals surface area contributed by atoms with Crippen LogP contribution in [0, 0.1) is 11.8 Å². The number of hydrogen-bond acceptors (Lipinski definition) is 3. The van der Waals surface area contributed by atoms with Crippen LogP contribution in [0.1, 0.15) is 58.3 Å². The van der Waals surface area contributed by atoms with Crippen LogP contribution in [0.25, 0.3) is 0 Å². The molecule has 0 aromatic carbocycles. The lowest BCUT2D eigenvalue weighted by atomic mass is 9.91. The van der Waals surface area contributed by atoms with Crippen LogP contribution in [0.4, 0.5) is 0 Å². The molecule has 0 saturated carbocycles. The number of aliphatic hydroxyl groups excluding tert-OH is 1. The maximum Gasteiger partial charge on any atom is 0.303 e. The predicted octanol–water partition coefficient (Wildman–Crippen LogP) is 3.95. The average molecular weight is 324 g/mol. The van der Waals surface area contributed by atoms with Gasteiger partial charge in [0.25, 0.3) is 0 Å². The summed E-state index contributed by atoms with van der Waals surface area (Å²) in [5.41, 5.74) is 0. The molecule has 132 valence electrons. The standard InChI is InChI=1S/C19H32O4/c1-2-3-6-10-18(20)13-12-17-15-23-14-16(17)9-7-4-5-8-11-19(21)22/h4,7,12-13,16-18,20H,2-3,5-6,8-11,14-15H2,1H3,(H,21,22)/b7-4-,13-12+/t16-,17-,18?/m0/s1. The van der Waals surface area contributed by atoms with Gasteiger partial charge in [-0.05, 0) is 31.6 Å². The Morgan fingerprint density at radius 2 is 2.09 bits per heavy atom. The normalized spacial score (nSPS) is 23.0. The summed E-state index contributed by atoms with van der Waals surface area (Å²) in [5, 5.41) is 18.5. The van der Waals surface area contributed by atoms with Crippen LogP contribution in [0.2, 0.25) is 0 Å². The summed E-state index contributed by atoms with van der Waals surface area (Å²) >= 11 is 0. The van der Waals surface area contributed by atoms with Crippen LogP contribution >= 0.6 is 0 Å². The molecular formula is C19H32O4. The highest BCUT2D eigenvalue weighted by molar-refractivity contribution is 5.66. The van der Waals surface area contributed by atoms with E-state index in [-0.39, 0.29) is 12.5 Å². The molecular weight excluding hydrogens is 292 g/mol. The van der Waals surface area contributed by atoms with Crippen LogP contribution in [0.3, 0.4) is 0 Å². The molecule has 1 fully saturated rings. The number of carboxylic acids is 1. The van der Waals surface area contributed by atoms with Gasteiger partial charge in [0.05, 0.1) is 19.3 Å². The molecule has 1 aliphatic rings. The number of ether oxygens (including phenoxy) is 1. The molecule has 1 rings (SSSR count). The van der Waals surface area contributed by atoms with Crippen molar-refractivity contribution in [2.45, 2.75) is 64.4 Å². The number of hydrogen-bond donors (Lipinski definition) is 2. The Hall–Kier alpha value is -1.13. The predicted molar refractivity (Wildman–Crippen MR) is 92.3 cm³/mol. The van der Waals surface area contributed by atoms with Gasteiger partial charge in [-0.2, -0.15) is 0 Å². The highest BCUT2D eigenvalue weighted by atomic mass is 16.5. The van der Waals surface area contributed by atoms with Gasteiger partial charge < -0.3 is 14.9 Å². The van der Waals surface area contributed by atoms with E-state index in [4.69, 9.17) is 9.84 Å². The van der Waals surface area contributed by atoms with E-state index in [1.807, 2.05) is 6.08 Å². The van der Waals surface area contributed by atoms with E-state index in [2.05, 4.69) is 25.2 Å². The molecule has 1 saturated heterocycles. The van der Waals surface area contributed by atoms with Gasteiger partial charge in [-0.15, -0.1) is 0 Å². The highest BCUT2D eigenvalue weighted by Crippen LogP contribution is 2.26. The summed E-state index contributed by atoms with van der Waals surface area (Å²) in [5.74, 6) is 0.106. The Bertz CT molecular complexity index is 376. The number of aliphatic hydroxyl groups is 1. The van der Waals surface area contributed by atoms with Gasteiger partial charge in [0.1, 0.15) is 0 Å². The zero-order valence-electron chi connectivity index (χ0n) is 14.3. The SMILES string of the molecule is CCCCCC(O)/C=C/[C@H]1COC[C@@H]1C/C=C\CCCC(=O)O. The lowest BCUT2D eigenvalue weighted by Gasteiger charge is -2.12. The molecule has 0 spiro atoms.